The molecule has 1 amide bonds. The summed E-state index contributed by atoms with van der Waals surface area (Å²) in [5.41, 5.74) is 0.604. The van der Waals surface area contributed by atoms with Crippen LogP contribution in [-0.4, -0.2) is 60.7 Å². The van der Waals surface area contributed by atoms with Gasteiger partial charge in [-0.25, -0.2) is 4.98 Å². The van der Waals surface area contributed by atoms with E-state index >= 15 is 0 Å². The zero-order valence-corrected chi connectivity index (χ0v) is 13.0. The molecule has 2 aliphatic heterocycles. The van der Waals surface area contributed by atoms with Gasteiger partial charge in [0.25, 0.3) is 11.5 Å². The largest absolute Gasteiger partial charge is 0.368 e. The number of ether oxygens (including phenoxy) is 1. The van der Waals surface area contributed by atoms with Crippen molar-refractivity contribution in [2.24, 2.45) is 0 Å². The first-order valence-electron chi connectivity index (χ1n) is 7.73. The van der Waals surface area contributed by atoms with Crippen LogP contribution in [0.2, 0.25) is 0 Å². The lowest BCUT2D eigenvalue weighted by molar-refractivity contribution is -0.139. The molecule has 0 radical (unpaired) electrons. The molecule has 2 atom stereocenters. The Labute approximate surface area is 129 Å². The summed E-state index contributed by atoms with van der Waals surface area (Å²) >= 11 is 0. The van der Waals surface area contributed by atoms with E-state index in [2.05, 4.69) is 9.97 Å². The van der Waals surface area contributed by atoms with Crippen LogP contribution in [0.3, 0.4) is 0 Å². The minimum absolute atomic E-state index is 0.0812. The molecule has 0 saturated carbocycles. The molecule has 7 heteroatoms. The zero-order chi connectivity index (χ0) is 15.7. The van der Waals surface area contributed by atoms with Gasteiger partial charge in [-0.1, -0.05) is 0 Å². The Kier molecular flexibility index (Phi) is 4.15. The quantitative estimate of drug-likeness (QED) is 0.871. The molecule has 0 unspecified atom stereocenters. The summed E-state index contributed by atoms with van der Waals surface area (Å²) in [6, 6.07) is 1.54. The highest BCUT2D eigenvalue weighted by molar-refractivity contribution is 5.81. The van der Waals surface area contributed by atoms with Crippen LogP contribution in [0.15, 0.2) is 10.9 Å². The standard InChI is InChI=1S/C15H22N4O3/c1-18(2)15-16-11(8-13(20)17-15)10-5-6-19(9-10)14(21)12-4-3-7-22-12/h8,10,12H,3-7,9H2,1-2H3,(H,16,17,20)/t10-,12-/m0/s1. The van der Waals surface area contributed by atoms with Crippen LogP contribution < -0.4 is 10.5 Å². The van der Waals surface area contributed by atoms with Gasteiger partial charge in [0.05, 0.1) is 5.69 Å². The summed E-state index contributed by atoms with van der Waals surface area (Å²) in [5, 5.41) is 0. The van der Waals surface area contributed by atoms with Crippen LogP contribution in [-0.2, 0) is 9.53 Å². The monoisotopic (exact) mass is 306 g/mol. The molecule has 3 rings (SSSR count). The van der Waals surface area contributed by atoms with Crippen LogP contribution in [0.1, 0.15) is 30.9 Å². The maximum atomic E-state index is 12.4. The van der Waals surface area contributed by atoms with Gasteiger partial charge < -0.3 is 14.5 Å². The van der Waals surface area contributed by atoms with Crippen molar-refractivity contribution in [1.82, 2.24) is 14.9 Å². The van der Waals surface area contributed by atoms with E-state index in [1.807, 2.05) is 19.0 Å². The summed E-state index contributed by atoms with van der Waals surface area (Å²) in [4.78, 5) is 35.0. The summed E-state index contributed by atoms with van der Waals surface area (Å²) in [5.74, 6) is 0.746. The minimum Gasteiger partial charge on any atom is -0.368 e. The van der Waals surface area contributed by atoms with Crippen molar-refractivity contribution in [3.63, 3.8) is 0 Å². The zero-order valence-electron chi connectivity index (χ0n) is 13.0. The maximum absolute atomic E-state index is 12.4. The fourth-order valence-corrected chi connectivity index (χ4v) is 3.06. The Morgan fingerprint density at radius 3 is 2.95 bits per heavy atom. The predicted molar refractivity (Wildman–Crippen MR) is 82.1 cm³/mol. The molecule has 1 aromatic heterocycles. The Morgan fingerprint density at radius 2 is 2.27 bits per heavy atom. The molecule has 0 bridgehead atoms. The number of amides is 1. The lowest BCUT2D eigenvalue weighted by Gasteiger charge is -2.20. The van der Waals surface area contributed by atoms with Gasteiger partial charge >= 0.3 is 0 Å². The van der Waals surface area contributed by atoms with Gasteiger partial charge in [0.15, 0.2) is 0 Å². The van der Waals surface area contributed by atoms with Crippen LogP contribution in [0.5, 0.6) is 0 Å². The molecule has 0 aromatic carbocycles. The first-order chi connectivity index (χ1) is 10.5. The number of anilines is 1. The number of aromatic nitrogens is 2. The average Bonchev–Trinajstić information content (AvgIpc) is 3.17. The Hall–Kier alpha value is -1.89. The molecule has 120 valence electrons. The fourth-order valence-electron chi connectivity index (χ4n) is 3.06. The van der Waals surface area contributed by atoms with Crippen molar-refractivity contribution < 1.29 is 9.53 Å². The average molecular weight is 306 g/mol. The molecule has 2 saturated heterocycles. The Balaban J connectivity index is 1.72. The molecule has 7 nitrogen and oxygen atoms in total. The van der Waals surface area contributed by atoms with E-state index in [0.29, 0.717) is 25.6 Å². The normalized spacial score (nSPS) is 24.7. The van der Waals surface area contributed by atoms with Gasteiger partial charge in [0.1, 0.15) is 6.10 Å². The van der Waals surface area contributed by atoms with Crippen LogP contribution in [0, 0.1) is 0 Å². The summed E-state index contributed by atoms with van der Waals surface area (Å²) in [6.07, 6.45) is 2.33. The SMILES string of the molecule is CN(C)c1nc([C@H]2CCN(C(=O)[C@@H]3CCCO3)C2)cc(=O)[nH]1. The Bertz CT molecular complexity index is 607. The van der Waals surface area contributed by atoms with Crippen molar-refractivity contribution in [2.75, 3.05) is 38.7 Å². The van der Waals surface area contributed by atoms with Gasteiger partial charge in [-0.3, -0.25) is 14.6 Å². The van der Waals surface area contributed by atoms with Gasteiger partial charge in [0.2, 0.25) is 5.95 Å². The highest BCUT2D eigenvalue weighted by Crippen LogP contribution is 2.27. The highest BCUT2D eigenvalue weighted by Gasteiger charge is 2.34. The van der Waals surface area contributed by atoms with Crippen molar-refractivity contribution in [1.29, 1.82) is 0 Å². The van der Waals surface area contributed by atoms with E-state index in [1.54, 1.807) is 4.90 Å². The van der Waals surface area contributed by atoms with Crippen LogP contribution >= 0.6 is 0 Å². The topological polar surface area (TPSA) is 78.5 Å². The van der Waals surface area contributed by atoms with Crippen molar-refractivity contribution in [2.45, 2.75) is 31.3 Å². The molecule has 3 heterocycles. The third kappa shape index (κ3) is 2.99. The third-order valence-corrected chi connectivity index (χ3v) is 4.30. The number of nitrogens with zero attached hydrogens (tertiary/aromatic N) is 3. The van der Waals surface area contributed by atoms with Crippen LogP contribution in [0.25, 0.3) is 0 Å². The summed E-state index contributed by atoms with van der Waals surface area (Å²) in [7, 11) is 3.67. The van der Waals surface area contributed by atoms with Gasteiger partial charge in [-0.05, 0) is 19.3 Å². The molecular formula is C15H22N4O3. The van der Waals surface area contributed by atoms with Gasteiger partial charge in [0, 0.05) is 45.8 Å². The van der Waals surface area contributed by atoms with Crippen molar-refractivity contribution in [3.05, 3.63) is 22.1 Å². The first kappa shape index (κ1) is 15.0. The number of likely N-dealkylation sites (tertiary alicyclic amines) is 1. The second kappa shape index (κ2) is 6.08. The molecule has 0 aliphatic carbocycles. The minimum atomic E-state index is -0.275. The smallest absolute Gasteiger partial charge is 0.252 e. The molecule has 2 aliphatic rings. The highest BCUT2D eigenvalue weighted by atomic mass is 16.5. The number of carbonyl (C=O) groups excluding carboxylic acids is 1. The van der Waals surface area contributed by atoms with E-state index in [4.69, 9.17) is 4.74 Å². The number of aromatic amines is 1. The van der Waals surface area contributed by atoms with Crippen LogP contribution in [0.4, 0.5) is 5.95 Å². The number of hydrogen-bond acceptors (Lipinski definition) is 5. The molecule has 1 aromatic rings. The number of hydrogen-bond donors (Lipinski definition) is 1. The Morgan fingerprint density at radius 1 is 1.45 bits per heavy atom. The number of nitrogens with one attached hydrogen (secondary N) is 1. The van der Waals surface area contributed by atoms with Crippen molar-refractivity contribution >= 4 is 11.9 Å². The number of H-pyrrole nitrogens is 1. The van der Waals surface area contributed by atoms with E-state index in [-0.39, 0.29) is 23.5 Å². The third-order valence-electron chi connectivity index (χ3n) is 4.30. The van der Waals surface area contributed by atoms with E-state index in [1.165, 1.54) is 6.07 Å². The maximum Gasteiger partial charge on any atom is 0.252 e. The first-order valence-corrected chi connectivity index (χ1v) is 7.73. The molecular weight excluding hydrogens is 284 g/mol. The van der Waals surface area contributed by atoms with E-state index < -0.39 is 0 Å². The lowest BCUT2D eigenvalue weighted by Crippen LogP contribution is -2.37. The van der Waals surface area contributed by atoms with E-state index in [0.717, 1.165) is 25.0 Å². The molecule has 22 heavy (non-hydrogen) atoms. The molecule has 0 spiro atoms. The second-order valence-electron chi connectivity index (χ2n) is 6.16. The number of rotatable bonds is 3. The number of carbonyl (C=O) groups is 1. The summed E-state index contributed by atoms with van der Waals surface area (Å²) in [6.45, 7) is 1.99. The second-order valence-corrected chi connectivity index (χ2v) is 6.16. The lowest BCUT2D eigenvalue weighted by atomic mass is 10.0. The van der Waals surface area contributed by atoms with E-state index in [9.17, 15) is 9.59 Å². The predicted octanol–water partition coefficient (Wildman–Crippen LogP) is 0.331. The molecule has 2 fully saturated rings. The summed E-state index contributed by atoms with van der Waals surface area (Å²) < 4.78 is 5.47. The molecule has 1 N–H and O–H groups in total. The fraction of sp³-hybridized carbons (Fsp3) is 0.667. The van der Waals surface area contributed by atoms with Gasteiger partial charge in [-0.2, -0.15) is 0 Å². The van der Waals surface area contributed by atoms with Crippen molar-refractivity contribution in [3.8, 4) is 0 Å². The van der Waals surface area contributed by atoms with Gasteiger partial charge in [-0.15, -0.1) is 0 Å².